The Labute approximate surface area is 179 Å². The first kappa shape index (κ1) is 29.1. The molecule has 0 amide bonds. The molecule has 0 aromatic carbocycles. The van der Waals surface area contributed by atoms with Crippen molar-refractivity contribution in [2.45, 2.75) is 31.9 Å². The number of rotatable bonds is 21. The van der Waals surface area contributed by atoms with E-state index in [-0.39, 0.29) is 0 Å². The zero-order valence-electron chi connectivity index (χ0n) is 19.5. The molecule has 29 heavy (non-hydrogen) atoms. The fraction of sp³-hybridized carbons (Fsp3) is 1.00. The molecule has 0 heterocycles. The lowest BCUT2D eigenvalue weighted by Gasteiger charge is -2.24. The summed E-state index contributed by atoms with van der Waals surface area (Å²) in [6.45, 7) is 7.60. The van der Waals surface area contributed by atoms with Crippen LogP contribution >= 0.6 is 0 Å². The Morgan fingerprint density at radius 3 is 1.17 bits per heavy atom. The summed E-state index contributed by atoms with van der Waals surface area (Å²) >= 11 is 0. The van der Waals surface area contributed by atoms with Crippen molar-refractivity contribution in [2.24, 2.45) is 0 Å². The minimum absolute atomic E-state index is 0.670. The van der Waals surface area contributed by atoms with E-state index in [0.29, 0.717) is 26.4 Å². The molecule has 0 saturated heterocycles. The molecule has 11 heteroatoms. The predicted molar refractivity (Wildman–Crippen MR) is 116 cm³/mol. The average molecular weight is 458 g/mol. The molecular weight excluding hydrogens is 414 g/mol. The van der Waals surface area contributed by atoms with Crippen molar-refractivity contribution in [2.75, 3.05) is 88.7 Å². The van der Waals surface area contributed by atoms with Crippen molar-refractivity contribution in [1.82, 2.24) is 4.90 Å². The molecular formula is C18H43NO8Si2. The highest BCUT2D eigenvalue weighted by Crippen LogP contribution is 2.15. The van der Waals surface area contributed by atoms with Gasteiger partial charge in [-0.1, -0.05) is 6.92 Å². The summed E-state index contributed by atoms with van der Waals surface area (Å²) in [5, 5.41) is 0. The van der Waals surface area contributed by atoms with E-state index in [1.54, 1.807) is 42.7 Å². The smallest absolute Gasteiger partial charge is 0.380 e. The van der Waals surface area contributed by atoms with Crippen LogP contribution < -0.4 is 0 Å². The quantitative estimate of drug-likeness (QED) is 0.190. The maximum absolute atomic E-state index is 5.75. The Balaban J connectivity index is 3.80. The number of hydrogen-bond acceptors (Lipinski definition) is 9. The summed E-state index contributed by atoms with van der Waals surface area (Å²) in [6.07, 6.45) is 1.71. The van der Waals surface area contributed by atoms with E-state index in [9.17, 15) is 0 Å². The predicted octanol–water partition coefficient (Wildman–Crippen LogP) is 1.88. The lowest BCUT2D eigenvalue weighted by molar-refractivity contribution is 0.0713. The molecule has 0 aromatic rings. The van der Waals surface area contributed by atoms with Gasteiger partial charge < -0.3 is 36.0 Å². The molecule has 0 spiro atoms. The Bertz CT molecular complexity index is 325. The van der Waals surface area contributed by atoms with Gasteiger partial charge in [-0.05, 0) is 19.4 Å². The van der Waals surface area contributed by atoms with Gasteiger partial charge in [0.05, 0.1) is 13.2 Å². The molecule has 0 aliphatic carbocycles. The average Bonchev–Trinajstić information content (AvgIpc) is 2.77. The Morgan fingerprint density at radius 2 is 0.897 bits per heavy atom. The van der Waals surface area contributed by atoms with Gasteiger partial charge in [0.25, 0.3) is 0 Å². The third-order valence-electron chi connectivity index (χ3n) is 4.96. The topological polar surface area (TPSA) is 77.1 Å². The van der Waals surface area contributed by atoms with Crippen molar-refractivity contribution >= 4 is 17.6 Å². The zero-order chi connectivity index (χ0) is 22.0. The SMILES string of the molecule is CCN(CCOCCC[Si](OC)(OC)OC)CCOCCC[Si](OC)(OC)OC. The lowest BCUT2D eigenvalue weighted by Crippen LogP contribution is -2.42. The van der Waals surface area contributed by atoms with E-state index in [1.807, 2.05) is 0 Å². The van der Waals surface area contributed by atoms with E-state index in [4.69, 9.17) is 36.0 Å². The summed E-state index contributed by atoms with van der Waals surface area (Å²) in [5.41, 5.74) is 0. The van der Waals surface area contributed by atoms with Crippen molar-refractivity contribution in [3.05, 3.63) is 0 Å². The molecule has 0 aromatic heterocycles. The second kappa shape index (κ2) is 17.7. The van der Waals surface area contributed by atoms with Crippen LogP contribution in [0.25, 0.3) is 0 Å². The maximum Gasteiger partial charge on any atom is 0.500 e. The minimum atomic E-state index is -2.48. The van der Waals surface area contributed by atoms with E-state index >= 15 is 0 Å². The van der Waals surface area contributed by atoms with Gasteiger partial charge in [0.2, 0.25) is 0 Å². The molecule has 0 aliphatic heterocycles. The highest BCUT2D eigenvalue weighted by Gasteiger charge is 2.37. The van der Waals surface area contributed by atoms with Crippen LogP contribution in [0.1, 0.15) is 19.8 Å². The summed E-state index contributed by atoms with van der Waals surface area (Å²) < 4.78 is 43.9. The molecule has 0 saturated carbocycles. The Hall–Kier alpha value is 0.0738. The second-order valence-corrected chi connectivity index (χ2v) is 12.6. The summed E-state index contributed by atoms with van der Waals surface area (Å²) in [5.74, 6) is 0. The summed E-state index contributed by atoms with van der Waals surface area (Å²) in [6, 6.07) is 1.50. The standard InChI is InChI=1S/C18H43NO8Si2/c1-8-19(11-15-26-13-9-17-28(20-2,21-3)22-4)12-16-27-14-10-18-29(23-5,24-6)25-7/h8-18H2,1-7H3. The number of likely N-dealkylation sites (N-methyl/N-ethyl adjacent to an activating group) is 1. The second-order valence-electron chi connectivity index (χ2n) is 6.46. The normalized spacial score (nSPS) is 12.8. The number of ether oxygens (including phenoxy) is 2. The Morgan fingerprint density at radius 1 is 0.552 bits per heavy atom. The zero-order valence-corrected chi connectivity index (χ0v) is 21.5. The number of nitrogens with zero attached hydrogens (tertiary/aromatic N) is 1. The van der Waals surface area contributed by atoms with E-state index < -0.39 is 17.6 Å². The van der Waals surface area contributed by atoms with Crippen LogP contribution in [0.3, 0.4) is 0 Å². The Kier molecular flexibility index (Phi) is 17.8. The maximum atomic E-state index is 5.75. The van der Waals surface area contributed by atoms with Crippen LogP contribution in [-0.2, 0) is 36.0 Å². The van der Waals surface area contributed by atoms with Gasteiger partial charge in [-0.25, -0.2) is 0 Å². The van der Waals surface area contributed by atoms with Gasteiger partial charge in [-0.2, -0.15) is 0 Å². The van der Waals surface area contributed by atoms with Gasteiger partial charge in [-0.15, -0.1) is 0 Å². The highest BCUT2D eigenvalue weighted by molar-refractivity contribution is 6.60. The lowest BCUT2D eigenvalue weighted by atomic mass is 10.4. The van der Waals surface area contributed by atoms with E-state index in [1.165, 1.54) is 0 Å². The first-order valence-corrected chi connectivity index (χ1v) is 14.1. The molecule has 0 fully saturated rings. The molecule has 0 bridgehead atoms. The van der Waals surface area contributed by atoms with Crippen LogP contribution in [-0.4, -0.2) is 111 Å². The molecule has 9 nitrogen and oxygen atoms in total. The molecule has 0 unspecified atom stereocenters. The number of hydrogen-bond donors (Lipinski definition) is 0. The van der Waals surface area contributed by atoms with Gasteiger partial charge in [0, 0.05) is 81.1 Å². The third kappa shape index (κ3) is 11.9. The van der Waals surface area contributed by atoms with Gasteiger partial charge in [0.1, 0.15) is 0 Å². The minimum Gasteiger partial charge on any atom is -0.380 e. The van der Waals surface area contributed by atoms with Gasteiger partial charge in [0.15, 0.2) is 0 Å². The van der Waals surface area contributed by atoms with Crippen molar-refractivity contribution < 1.29 is 36.0 Å². The van der Waals surface area contributed by atoms with Gasteiger partial charge in [-0.3, -0.25) is 4.90 Å². The largest absolute Gasteiger partial charge is 0.500 e. The van der Waals surface area contributed by atoms with Crippen LogP contribution in [0.4, 0.5) is 0 Å². The van der Waals surface area contributed by atoms with Crippen LogP contribution in [0.15, 0.2) is 0 Å². The fourth-order valence-corrected chi connectivity index (χ4v) is 6.29. The first-order valence-electron chi connectivity index (χ1n) is 10.2. The van der Waals surface area contributed by atoms with Crippen LogP contribution in [0, 0.1) is 0 Å². The van der Waals surface area contributed by atoms with Crippen molar-refractivity contribution in [3.8, 4) is 0 Å². The highest BCUT2D eigenvalue weighted by atomic mass is 28.4. The van der Waals surface area contributed by atoms with E-state index in [0.717, 1.165) is 44.6 Å². The van der Waals surface area contributed by atoms with Gasteiger partial charge >= 0.3 is 17.6 Å². The molecule has 0 rings (SSSR count). The molecule has 176 valence electrons. The molecule has 0 N–H and O–H groups in total. The summed E-state index contributed by atoms with van der Waals surface area (Å²) in [7, 11) is 4.82. The monoisotopic (exact) mass is 457 g/mol. The molecule has 0 aliphatic rings. The molecule has 0 atom stereocenters. The van der Waals surface area contributed by atoms with E-state index in [2.05, 4.69) is 11.8 Å². The first-order chi connectivity index (χ1) is 14.0. The molecule has 0 radical (unpaired) electrons. The van der Waals surface area contributed by atoms with Crippen molar-refractivity contribution in [1.29, 1.82) is 0 Å². The van der Waals surface area contributed by atoms with Crippen molar-refractivity contribution in [3.63, 3.8) is 0 Å². The fourth-order valence-electron chi connectivity index (χ4n) is 2.91. The van der Waals surface area contributed by atoms with Crippen LogP contribution in [0.2, 0.25) is 12.1 Å². The third-order valence-corrected chi connectivity index (χ3v) is 10.6. The summed E-state index contributed by atoms with van der Waals surface area (Å²) in [4.78, 5) is 2.32. The van der Waals surface area contributed by atoms with Crippen LogP contribution in [0.5, 0.6) is 0 Å².